The molecule has 2 aromatic rings. The van der Waals surface area contributed by atoms with Crippen LogP contribution in [0, 0.1) is 11.3 Å². The Morgan fingerprint density at radius 1 is 0.850 bits per heavy atom. The quantitative estimate of drug-likeness (QED) is 0.713. The molecule has 0 spiro atoms. The van der Waals surface area contributed by atoms with Crippen molar-refractivity contribution in [2.75, 3.05) is 6.61 Å². The Hall–Kier alpha value is -2.47. The smallest absolute Gasteiger partial charge is 0.120 e. The predicted molar refractivity (Wildman–Crippen MR) is 77.6 cm³/mol. The first-order chi connectivity index (χ1) is 9.88. The topological polar surface area (TPSA) is 42.2 Å². The van der Waals surface area contributed by atoms with Gasteiger partial charge >= 0.3 is 0 Å². The molecule has 0 N–H and O–H groups in total. The number of unbranched alkanes of at least 4 members (excludes halogenated alkanes) is 1. The van der Waals surface area contributed by atoms with Crippen molar-refractivity contribution in [3.05, 3.63) is 60.2 Å². The first-order valence-corrected chi connectivity index (χ1v) is 6.65. The second-order valence-electron chi connectivity index (χ2n) is 4.36. The van der Waals surface area contributed by atoms with Crippen molar-refractivity contribution in [1.29, 1.82) is 5.26 Å². The normalized spacial score (nSPS) is 9.75. The van der Waals surface area contributed by atoms with Crippen LogP contribution >= 0.6 is 0 Å². The van der Waals surface area contributed by atoms with Crippen molar-refractivity contribution in [2.45, 2.75) is 19.4 Å². The summed E-state index contributed by atoms with van der Waals surface area (Å²) in [7, 11) is 0. The van der Waals surface area contributed by atoms with Crippen LogP contribution in [0.25, 0.3) is 0 Å². The monoisotopic (exact) mass is 267 g/mol. The summed E-state index contributed by atoms with van der Waals surface area (Å²) in [4.78, 5) is 0. The fraction of sp³-hybridized carbons (Fsp3) is 0.235. The van der Waals surface area contributed by atoms with Crippen molar-refractivity contribution < 1.29 is 9.47 Å². The van der Waals surface area contributed by atoms with Crippen LogP contribution in [0.15, 0.2) is 54.6 Å². The molecule has 3 heteroatoms. The minimum Gasteiger partial charge on any atom is -0.494 e. The molecule has 0 heterocycles. The van der Waals surface area contributed by atoms with E-state index in [1.807, 2.05) is 54.6 Å². The Morgan fingerprint density at radius 2 is 1.50 bits per heavy atom. The molecule has 0 fully saturated rings. The Morgan fingerprint density at radius 3 is 2.15 bits per heavy atom. The van der Waals surface area contributed by atoms with E-state index in [-0.39, 0.29) is 0 Å². The van der Waals surface area contributed by atoms with E-state index in [1.54, 1.807) is 0 Å². The van der Waals surface area contributed by atoms with Gasteiger partial charge in [0.05, 0.1) is 12.7 Å². The van der Waals surface area contributed by atoms with Gasteiger partial charge in [-0.15, -0.1) is 0 Å². The number of ether oxygens (including phenoxy) is 2. The molecule has 0 aliphatic rings. The average Bonchev–Trinajstić information content (AvgIpc) is 2.52. The standard InChI is InChI=1S/C17H17NO2/c18-12-4-5-13-19-16-8-10-17(11-9-16)20-14-15-6-2-1-3-7-15/h1-3,6-11H,4-5,13-14H2. The van der Waals surface area contributed by atoms with Gasteiger partial charge in [-0.1, -0.05) is 30.3 Å². The maximum atomic E-state index is 8.43. The lowest BCUT2D eigenvalue weighted by Crippen LogP contribution is -1.97. The summed E-state index contributed by atoms with van der Waals surface area (Å²) in [6, 6.07) is 19.7. The Kier molecular flexibility index (Phi) is 5.48. The maximum absolute atomic E-state index is 8.43. The van der Waals surface area contributed by atoms with Crippen molar-refractivity contribution in [3.63, 3.8) is 0 Å². The minimum absolute atomic E-state index is 0.526. The van der Waals surface area contributed by atoms with Crippen LogP contribution in [0.5, 0.6) is 11.5 Å². The third-order valence-corrected chi connectivity index (χ3v) is 2.77. The Bertz CT molecular complexity index is 543. The molecule has 102 valence electrons. The molecule has 0 radical (unpaired) electrons. The molecule has 0 aliphatic carbocycles. The van der Waals surface area contributed by atoms with Crippen molar-refractivity contribution in [2.24, 2.45) is 0 Å². The van der Waals surface area contributed by atoms with Gasteiger partial charge in [0.15, 0.2) is 0 Å². The SMILES string of the molecule is N#CCCCOc1ccc(OCc2ccccc2)cc1. The van der Waals surface area contributed by atoms with E-state index in [1.165, 1.54) is 0 Å². The van der Waals surface area contributed by atoms with E-state index in [2.05, 4.69) is 6.07 Å². The molecule has 0 saturated carbocycles. The van der Waals surface area contributed by atoms with Crippen LogP contribution < -0.4 is 9.47 Å². The highest BCUT2D eigenvalue weighted by Crippen LogP contribution is 2.18. The zero-order chi connectivity index (χ0) is 14.0. The van der Waals surface area contributed by atoms with Gasteiger partial charge in [0, 0.05) is 6.42 Å². The van der Waals surface area contributed by atoms with E-state index in [0.29, 0.717) is 19.6 Å². The molecule has 0 atom stereocenters. The summed E-state index contributed by atoms with van der Waals surface area (Å²) in [5, 5.41) is 8.43. The minimum atomic E-state index is 0.526. The Balaban J connectivity index is 1.78. The number of rotatable bonds is 7. The molecule has 0 aromatic heterocycles. The lowest BCUT2D eigenvalue weighted by Gasteiger charge is -2.08. The molecule has 2 aromatic carbocycles. The van der Waals surface area contributed by atoms with Gasteiger partial charge < -0.3 is 9.47 Å². The van der Waals surface area contributed by atoms with Crippen LogP contribution in [0.3, 0.4) is 0 Å². The van der Waals surface area contributed by atoms with E-state index in [4.69, 9.17) is 14.7 Å². The van der Waals surface area contributed by atoms with E-state index < -0.39 is 0 Å². The van der Waals surface area contributed by atoms with Crippen molar-refractivity contribution in [3.8, 4) is 17.6 Å². The van der Waals surface area contributed by atoms with Crippen LogP contribution in [0.4, 0.5) is 0 Å². The number of nitriles is 1. The lowest BCUT2D eigenvalue weighted by molar-refractivity contribution is 0.300. The molecular weight excluding hydrogens is 250 g/mol. The zero-order valence-electron chi connectivity index (χ0n) is 11.3. The molecule has 0 amide bonds. The van der Waals surface area contributed by atoms with E-state index >= 15 is 0 Å². The van der Waals surface area contributed by atoms with Gasteiger partial charge in [0.25, 0.3) is 0 Å². The molecule has 3 nitrogen and oxygen atoms in total. The predicted octanol–water partition coefficient (Wildman–Crippen LogP) is 3.95. The number of nitrogens with zero attached hydrogens (tertiary/aromatic N) is 1. The lowest BCUT2D eigenvalue weighted by atomic mass is 10.2. The maximum Gasteiger partial charge on any atom is 0.120 e. The number of benzene rings is 2. The molecule has 20 heavy (non-hydrogen) atoms. The van der Waals surface area contributed by atoms with Gasteiger partial charge in [0.2, 0.25) is 0 Å². The van der Waals surface area contributed by atoms with Crippen LogP contribution in [-0.2, 0) is 6.61 Å². The van der Waals surface area contributed by atoms with Crippen LogP contribution in [0.1, 0.15) is 18.4 Å². The summed E-state index contributed by atoms with van der Waals surface area (Å²) >= 11 is 0. The Labute approximate surface area is 119 Å². The highest BCUT2D eigenvalue weighted by Gasteiger charge is 1.97. The summed E-state index contributed by atoms with van der Waals surface area (Å²) in [5.41, 5.74) is 1.14. The van der Waals surface area contributed by atoms with Gasteiger partial charge in [-0.05, 0) is 36.2 Å². The van der Waals surface area contributed by atoms with Crippen molar-refractivity contribution in [1.82, 2.24) is 0 Å². The third kappa shape index (κ3) is 4.66. The van der Waals surface area contributed by atoms with E-state index in [0.717, 1.165) is 23.5 Å². The molecule has 0 aliphatic heterocycles. The summed E-state index contributed by atoms with van der Waals surface area (Å²) in [6.45, 7) is 1.13. The van der Waals surface area contributed by atoms with Gasteiger partial charge in [-0.25, -0.2) is 0 Å². The van der Waals surface area contributed by atoms with Gasteiger partial charge in [-0.3, -0.25) is 0 Å². The van der Waals surface area contributed by atoms with Crippen LogP contribution in [-0.4, -0.2) is 6.61 Å². The second-order valence-corrected chi connectivity index (χ2v) is 4.36. The summed E-state index contributed by atoms with van der Waals surface area (Å²) in [6.07, 6.45) is 1.28. The first kappa shape index (κ1) is 14.0. The van der Waals surface area contributed by atoms with Crippen molar-refractivity contribution >= 4 is 0 Å². The molecular formula is C17H17NO2. The van der Waals surface area contributed by atoms with Crippen LogP contribution in [0.2, 0.25) is 0 Å². The molecule has 0 unspecified atom stereocenters. The summed E-state index contributed by atoms with van der Waals surface area (Å²) in [5.74, 6) is 1.62. The fourth-order valence-electron chi connectivity index (χ4n) is 1.71. The fourth-order valence-corrected chi connectivity index (χ4v) is 1.71. The second kappa shape index (κ2) is 7.85. The first-order valence-electron chi connectivity index (χ1n) is 6.65. The average molecular weight is 267 g/mol. The van der Waals surface area contributed by atoms with E-state index in [9.17, 15) is 0 Å². The zero-order valence-corrected chi connectivity index (χ0v) is 11.3. The molecule has 0 bridgehead atoms. The third-order valence-electron chi connectivity index (χ3n) is 2.77. The van der Waals surface area contributed by atoms with Gasteiger partial charge in [0.1, 0.15) is 18.1 Å². The molecule has 0 saturated heterocycles. The molecule has 2 rings (SSSR count). The number of hydrogen-bond donors (Lipinski definition) is 0. The summed E-state index contributed by atoms with van der Waals surface area (Å²) < 4.78 is 11.2. The largest absolute Gasteiger partial charge is 0.494 e. The highest BCUT2D eigenvalue weighted by molar-refractivity contribution is 5.31. The highest BCUT2D eigenvalue weighted by atomic mass is 16.5. The van der Waals surface area contributed by atoms with Gasteiger partial charge in [-0.2, -0.15) is 5.26 Å². The number of hydrogen-bond acceptors (Lipinski definition) is 3.